The van der Waals surface area contributed by atoms with Crippen molar-refractivity contribution >= 4 is 0 Å². The standard InChI is InChI=1S/C20H24N4O4/c1-5-28-15-9-6-12(10-17(15)27-4)18(21)20-22-19(23-24-20)13-7-8-14(25-2)16(11-13)26-3/h6-11,18H,5,21H2,1-4H3,(H,22,23,24)/t18-/m0/s1. The normalized spacial score (nSPS) is 11.8. The topological polar surface area (TPSA) is 105 Å². The average Bonchev–Trinajstić information content (AvgIpc) is 3.23. The van der Waals surface area contributed by atoms with Gasteiger partial charge in [-0.25, -0.2) is 4.98 Å². The van der Waals surface area contributed by atoms with Crippen LogP contribution in [0.15, 0.2) is 36.4 Å². The van der Waals surface area contributed by atoms with Gasteiger partial charge in [-0.1, -0.05) is 6.07 Å². The molecule has 8 heteroatoms. The van der Waals surface area contributed by atoms with E-state index < -0.39 is 6.04 Å². The minimum atomic E-state index is -0.494. The van der Waals surface area contributed by atoms with Crippen LogP contribution in [-0.2, 0) is 0 Å². The zero-order chi connectivity index (χ0) is 20.1. The van der Waals surface area contributed by atoms with Crippen LogP contribution in [0.4, 0.5) is 0 Å². The van der Waals surface area contributed by atoms with E-state index in [1.54, 1.807) is 27.4 Å². The molecule has 0 aliphatic heterocycles. The Morgan fingerprint density at radius 1 is 0.929 bits per heavy atom. The van der Waals surface area contributed by atoms with E-state index in [1.807, 2.05) is 37.3 Å². The van der Waals surface area contributed by atoms with Crippen LogP contribution in [0.1, 0.15) is 24.4 Å². The number of aromatic nitrogens is 3. The summed E-state index contributed by atoms with van der Waals surface area (Å²) in [5.74, 6) is 3.59. The lowest BCUT2D eigenvalue weighted by Crippen LogP contribution is -2.14. The van der Waals surface area contributed by atoms with Gasteiger partial charge in [0.25, 0.3) is 0 Å². The maximum Gasteiger partial charge on any atom is 0.181 e. The second-order valence-corrected chi connectivity index (χ2v) is 5.94. The molecule has 0 aliphatic carbocycles. The van der Waals surface area contributed by atoms with E-state index in [4.69, 9.17) is 24.7 Å². The molecule has 1 atom stereocenters. The number of benzene rings is 2. The molecular formula is C20H24N4O4. The zero-order valence-corrected chi connectivity index (χ0v) is 16.4. The maximum absolute atomic E-state index is 6.38. The fourth-order valence-corrected chi connectivity index (χ4v) is 2.83. The monoisotopic (exact) mass is 384 g/mol. The van der Waals surface area contributed by atoms with Gasteiger partial charge < -0.3 is 24.7 Å². The Morgan fingerprint density at radius 2 is 1.61 bits per heavy atom. The second kappa shape index (κ2) is 8.62. The third-order valence-corrected chi connectivity index (χ3v) is 4.29. The summed E-state index contributed by atoms with van der Waals surface area (Å²) < 4.78 is 21.5. The van der Waals surface area contributed by atoms with Crippen LogP contribution in [0.2, 0.25) is 0 Å². The molecule has 1 heterocycles. The molecule has 3 rings (SSSR count). The van der Waals surface area contributed by atoms with Gasteiger partial charge in [-0.3, -0.25) is 5.10 Å². The molecule has 3 N–H and O–H groups in total. The van der Waals surface area contributed by atoms with Crippen LogP contribution in [0.25, 0.3) is 11.4 Å². The van der Waals surface area contributed by atoms with Gasteiger partial charge >= 0.3 is 0 Å². The Kier molecular flexibility index (Phi) is 6.00. The molecule has 0 saturated carbocycles. The van der Waals surface area contributed by atoms with Crippen LogP contribution in [-0.4, -0.2) is 43.1 Å². The van der Waals surface area contributed by atoms with Crippen molar-refractivity contribution in [2.45, 2.75) is 13.0 Å². The van der Waals surface area contributed by atoms with E-state index in [0.29, 0.717) is 41.3 Å². The molecule has 0 saturated heterocycles. The predicted octanol–water partition coefficient (Wildman–Crippen LogP) is 2.94. The molecule has 8 nitrogen and oxygen atoms in total. The second-order valence-electron chi connectivity index (χ2n) is 5.94. The van der Waals surface area contributed by atoms with E-state index in [1.165, 1.54) is 0 Å². The molecule has 0 radical (unpaired) electrons. The number of hydrogen-bond acceptors (Lipinski definition) is 7. The highest BCUT2D eigenvalue weighted by Gasteiger charge is 2.18. The van der Waals surface area contributed by atoms with Crippen molar-refractivity contribution in [2.75, 3.05) is 27.9 Å². The van der Waals surface area contributed by atoms with Crippen molar-refractivity contribution in [1.82, 2.24) is 15.2 Å². The van der Waals surface area contributed by atoms with Gasteiger partial charge in [0, 0.05) is 5.56 Å². The number of H-pyrrole nitrogens is 1. The summed E-state index contributed by atoms with van der Waals surface area (Å²) in [6, 6.07) is 10.6. The van der Waals surface area contributed by atoms with Crippen molar-refractivity contribution in [3.63, 3.8) is 0 Å². The Hall–Kier alpha value is -3.26. The summed E-state index contributed by atoms with van der Waals surface area (Å²) >= 11 is 0. The minimum Gasteiger partial charge on any atom is -0.493 e. The molecule has 0 amide bonds. The molecule has 2 aromatic carbocycles. The molecular weight excluding hydrogens is 360 g/mol. The largest absolute Gasteiger partial charge is 0.493 e. The Labute approximate surface area is 163 Å². The van der Waals surface area contributed by atoms with Crippen LogP contribution >= 0.6 is 0 Å². The quantitative estimate of drug-likeness (QED) is 0.615. The van der Waals surface area contributed by atoms with E-state index in [0.717, 1.165) is 11.1 Å². The summed E-state index contributed by atoms with van der Waals surface area (Å²) in [5, 5.41) is 7.20. The van der Waals surface area contributed by atoms with Gasteiger partial charge in [0.05, 0.1) is 34.0 Å². The van der Waals surface area contributed by atoms with Crippen molar-refractivity contribution in [1.29, 1.82) is 0 Å². The summed E-state index contributed by atoms with van der Waals surface area (Å²) in [4.78, 5) is 4.54. The molecule has 0 aliphatic rings. The summed E-state index contributed by atoms with van der Waals surface area (Å²) in [6.45, 7) is 2.47. The Balaban J connectivity index is 1.87. The lowest BCUT2D eigenvalue weighted by molar-refractivity contribution is 0.310. The SMILES string of the molecule is CCOc1ccc([C@H](N)c2nc(-c3ccc(OC)c(OC)c3)n[nH]2)cc1OC. The summed E-state index contributed by atoms with van der Waals surface area (Å²) in [5.41, 5.74) is 8.00. The fourth-order valence-electron chi connectivity index (χ4n) is 2.83. The van der Waals surface area contributed by atoms with Crippen molar-refractivity contribution < 1.29 is 18.9 Å². The van der Waals surface area contributed by atoms with Gasteiger partial charge in [-0.05, 0) is 42.8 Å². The van der Waals surface area contributed by atoms with Crippen LogP contribution in [0.5, 0.6) is 23.0 Å². The lowest BCUT2D eigenvalue weighted by atomic mass is 10.1. The molecule has 0 bridgehead atoms. The average molecular weight is 384 g/mol. The molecule has 148 valence electrons. The van der Waals surface area contributed by atoms with E-state index in [2.05, 4.69) is 15.2 Å². The van der Waals surface area contributed by atoms with Gasteiger partial charge in [0.15, 0.2) is 28.8 Å². The summed E-state index contributed by atoms with van der Waals surface area (Å²) in [7, 11) is 4.77. The number of nitrogens with one attached hydrogen (secondary N) is 1. The number of aromatic amines is 1. The van der Waals surface area contributed by atoms with Crippen LogP contribution in [0.3, 0.4) is 0 Å². The van der Waals surface area contributed by atoms with Gasteiger partial charge in [-0.2, -0.15) is 5.10 Å². The summed E-state index contributed by atoms with van der Waals surface area (Å²) in [6.07, 6.45) is 0. The molecule has 1 aromatic heterocycles. The highest BCUT2D eigenvalue weighted by molar-refractivity contribution is 5.61. The zero-order valence-electron chi connectivity index (χ0n) is 16.4. The Morgan fingerprint density at radius 3 is 2.29 bits per heavy atom. The molecule has 0 fully saturated rings. The van der Waals surface area contributed by atoms with E-state index in [-0.39, 0.29) is 0 Å². The minimum absolute atomic E-state index is 0.494. The lowest BCUT2D eigenvalue weighted by Gasteiger charge is -2.13. The predicted molar refractivity (Wildman–Crippen MR) is 105 cm³/mol. The Bertz CT molecular complexity index is 942. The van der Waals surface area contributed by atoms with E-state index >= 15 is 0 Å². The van der Waals surface area contributed by atoms with Crippen molar-refractivity contribution in [3.05, 3.63) is 47.8 Å². The number of rotatable bonds is 8. The van der Waals surface area contributed by atoms with Crippen LogP contribution in [0, 0.1) is 0 Å². The first-order valence-electron chi connectivity index (χ1n) is 8.82. The first-order chi connectivity index (χ1) is 13.6. The van der Waals surface area contributed by atoms with E-state index in [9.17, 15) is 0 Å². The smallest absolute Gasteiger partial charge is 0.181 e. The number of methoxy groups -OCH3 is 3. The highest BCUT2D eigenvalue weighted by Crippen LogP contribution is 2.33. The van der Waals surface area contributed by atoms with Gasteiger partial charge in [0.1, 0.15) is 5.82 Å². The number of hydrogen-bond donors (Lipinski definition) is 2. The highest BCUT2D eigenvalue weighted by atomic mass is 16.5. The van der Waals surface area contributed by atoms with Gasteiger partial charge in [-0.15, -0.1) is 0 Å². The number of nitrogens with zero attached hydrogens (tertiary/aromatic N) is 2. The van der Waals surface area contributed by atoms with Crippen molar-refractivity contribution in [2.24, 2.45) is 5.73 Å². The molecule has 0 unspecified atom stereocenters. The number of nitrogens with two attached hydrogens (primary N) is 1. The maximum atomic E-state index is 6.38. The van der Waals surface area contributed by atoms with Crippen LogP contribution < -0.4 is 24.7 Å². The third-order valence-electron chi connectivity index (χ3n) is 4.29. The molecule has 28 heavy (non-hydrogen) atoms. The molecule has 0 spiro atoms. The van der Waals surface area contributed by atoms with Crippen molar-refractivity contribution in [3.8, 4) is 34.4 Å². The fraction of sp³-hybridized carbons (Fsp3) is 0.300. The molecule has 3 aromatic rings. The van der Waals surface area contributed by atoms with Gasteiger partial charge in [0.2, 0.25) is 0 Å². The number of ether oxygens (including phenoxy) is 4. The third kappa shape index (κ3) is 3.86. The first kappa shape index (κ1) is 19.5. The first-order valence-corrected chi connectivity index (χ1v) is 8.82.